The van der Waals surface area contributed by atoms with Gasteiger partial charge in [0.25, 0.3) is 5.91 Å². The molecule has 2 heterocycles. The molecule has 0 spiro atoms. The molecular weight excluding hydrogens is 446 g/mol. The van der Waals surface area contributed by atoms with E-state index in [0.717, 1.165) is 52.1 Å². The Kier molecular flexibility index (Phi) is 5.75. The molecule has 0 atom stereocenters. The minimum Gasteiger partial charge on any atom is -0.393 e. The third-order valence-corrected chi connectivity index (χ3v) is 7.25. The molecule has 1 aliphatic carbocycles. The third kappa shape index (κ3) is 4.30. The Hall–Kier alpha value is -2.68. The summed E-state index contributed by atoms with van der Waals surface area (Å²) >= 11 is 7.59. The normalized spacial score (nSPS) is 18.8. The van der Waals surface area contributed by atoms with Gasteiger partial charge >= 0.3 is 0 Å². The highest BCUT2D eigenvalue weighted by molar-refractivity contribution is 7.22. The van der Waals surface area contributed by atoms with Crippen molar-refractivity contribution in [2.45, 2.75) is 31.8 Å². The Bertz CT molecular complexity index is 1290. The van der Waals surface area contributed by atoms with Gasteiger partial charge in [0.05, 0.1) is 27.4 Å². The average Bonchev–Trinajstić information content (AvgIpc) is 3.32. The Balaban J connectivity index is 1.31. The van der Waals surface area contributed by atoms with E-state index in [1.165, 1.54) is 11.3 Å². The fraction of sp³-hybridized carbons (Fsp3) is 0.348. The van der Waals surface area contributed by atoms with Gasteiger partial charge in [0.2, 0.25) is 5.95 Å². The third-order valence-electron chi connectivity index (χ3n) is 6.08. The first-order chi connectivity index (χ1) is 15.5. The Morgan fingerprint density at radius 3 is 2.78 bits per heavy atom. The van der Waals surface area contributed by atoms with Crippen molar-refractivity contribution in [1.82, 2.24) is 19.9 Å². The average molecular weight is 470 g/mol. The maximum atomic E-state index is 12.7. The second-order valence-corrected chi connectivity index (χ2v) is 9.81. The molecule has 1 saturated carbocycles. The zero-order chi connectivity index (χ0) is 22.2. The molecule has 1 fully saturated rings. The van der Waals surface area contributed by atoms with E-state index in [4.69, 9.17) is 11.6 Å². The predicted molar refractivity (Wildman–Crippen MR) is 129 cm³/mol. The predicted octanol–water partition coefficient (Wildman–Crippen LogP) is 4.86. The van der Waals surface area contributed by atoms with E-state index in [-0.39, 0.29) is 12.0 Å². The number of halogens is 1. The smallest absolute Gasteiger partial charge is 0.251 e. The molecule has 32 heavy (non-hydrogen) atoms. The van der Waals surface area contributed by atoms with Crippen molar-refractivity contribution in [3.63, 3.8) is 0 Å². The number of anilines is 2. The lowest BCUT2D eigenvalue weighted by Gasteiger charge is -2.25. The van der Waals surface area contributed by atoms with Crippen molar-refractivity contribution in [3.8, 4) is 0 Å². The minimum atomic E-state index is -0.183. The maximum Gasteiger partial charge on any atom is 0.251 e. The second-order valence-electron chi connectivity index (χ2n) is 8.34. The van der Waals surface area contributed by atoms with Crippen LogP contribution in [0.1, 0.15) is 36.0 Å². The van der Waals surface area contributed by atoms with Crippen LogP contribution in [0.25, 0.3) is 21.3 Å². The van der Waals surface area contributed by atoms with E-state index in [9.17, 15) is 9.90 Å². The van der Waals surface area contributed by atoms with Crippen molar-refractivity contribution >= 4 is 61.2 Å². The van der Waals surface area contributed by atoms with Crippen LogP contribution in [0, 0.1) is 5.92 Å². The summed E-state index contributed by atoms with van der Waals surface area (Å²) < 4.78 is 2.95. The topological polar surface area (TPSA) is 92.1 Å². The molecule has 0 unspecified atom stereocenters. The van der Waals surface area contributed by atoms with Gasteiger partial charge in [0, 0.05) is 24.2 Å². The van der Waals surface area contributed by atoms with Crippen LogP contribution in [0.15, 0.2) is 36.4 Å². The van der Waals surface area contributed by atoms with Crippen LogP contribution in [0.3, 0.4) is 0 Å². The molecule has 0 saturated heterocycles. The zero-order valence-electron chi connectivity index (χ0n) is 17.6. The largest absolute Gasteiger partial charge is 0.393 e. The zero-order valence-corrected chi connectivity index (χ0v) is 19.2. The summed E-state index contributed by atoms with van der Waals surface area (Å²) in [4.78, 5) is 22.0. The van der Waals surface area contributed by atoms with Crippen LogP contribution in [0.2, 0.25) is 5.02 Å². The van der Waals surface area contributed by atoms with Crippen LogP contribution < -0.4 is 10.6 Å². The fourth-order valence-electron chi connectivity index (χ4n) is 4.19. The lowest BCUT2D eigenvalue weighted by atomic mass is 9.87. The van der Waals surface area contributed by atoms with Crippen molar-refractivity contribution in [2.24, 2.45) is 13.0 Å². The van der Waals surface area contributed by atoms with Gasteiger partial charge in [-0.3, -0.25) is 4.79 Å². The van der Waals surface area contributed by atoms with Crippen molar-refractivity contribution in [3.05, 3.63) is 47.0 Å². The maximum absolute atomic E-state index is 12.7. The molecule has 4 aromatic rings. The molecule has 166 valence electrons. The number of nitrogens with one attached hydrogen (secondary N) is 2. The van der Waals surface area contributed by atoms with Crippen molar-refractivity contribution in [1.29, 1.82) is 0 Å². The lowest BCUT2D eigenvalue weighted by Crippen LogP contribution is -2.32. The van der Waals surface area contributed by atoms with Gasteiger partial charge in [-0.05, 0) is 68.0 Å². The van der Waals surface area contributed by atoms with Crippen LogP contribution in [0.4, 0.5) is 11.1 Å². The molecule has 3 N–H and O–H groups in total. The molecule has 0 aliphatic heterocycles. The first-order valence-electron chi connectivity index (χ1n) is 10.7. The first kappa shape index (κ1) is 21.2. The first-order valence-corrected chi connectivity index (χ1v) is 11.9. The second kappa shape index (κ2) is 8.69. The Morgan fingerprint density at radius 2 is 1.97 bits per heavy atom. The van der Waals surface area contributed by atoms with Gasteiger partial charge in [0.15, 0.2) is 5.13 Å². The molecule has 1 amide bonds. The number of hydrogen-bond donors (Lipinski definition) is 3. The molecular formula is C23H24ClN5O2S. The molecule has 2 aromatic heterocycles. The molecule has 7 nitrogen and oxygen atoms in total. The number of aryl methyl sites for hydroxylation is 1. The number of aromatic nitrogens is 3. The van der Waals surface area contributed by atoms with Crippen LogP contribution in [-0.2, 0) is 7.05 Å². The number of thiazole rings is 1. The van der Waals surface area contributed by atoms with Crippen molar-refractivity contribution < 1.29 is 9.90 Å². The number of carbonyl (C=O) groups excluding carboxylic acids is 1. The van der Waals surface area contributed by atoms with Gasteiger partial charge in [-0.2, -0.15) is 0 Å². The molecule has 2 aromatic carbocycles. The van der Waals surface area contributed by atoms with Gasteiger partial charge < -0.3 is 20.3 Å². The number of amides is 1. The van der Waals surface area contributed by atoms with E-state index in [1.807, 2.05) is 48.0 Å². The Labute approximate surface area is 194 Å². The molecule has 5 rings (SSSR count). The number of aliphatic hydroxyl groups excluding tert-OH is 1. The van der Waals surface area contributed by atoms with Gasteiger partial charge in [-0.1, -0.05) is 22.9 Å². The monoisotopic (exact) mass is 469 g/mol. The molecule has 0 radical (unpaired) electrons. The van der Waals surface area contributed by atoms with E-state index < -0.39 is 0 Å². The number of fused-ring (bicyclic) bond motifs is 2. The summed E-state index contributed by atoms with van der Waals surface area (Å²) in [5, 5.41) is 17.4. The summed E-state index contributed by atoms with van der Waals surface area (Å²) in [5.41, 5.74) is 3.14. The van der Waals surface area contributed by atoms with Gasteiger partial charge in [0.1, 0.15) is 0 Å². The van der Waals surface area contributed by atoms with Crippen LogP contribution >= 0.6 is 22.9 Å². The number of imidazole rings is 1. The minimum absolute atomic E-state index is 0.0961. The fourth-order valence-corrected chi connectivity index (χ4v) is 5.32. The SMILES string of the molecule is Cn1c(Nc2nc3ccc(Cl)cc3s2)nc2cc(C(=O)NCC3CCC(O)CC3)ccc21. The standard InChI is InChI=1S/C23H24ClN5O2S/c1-29-19-9-4-14(21(31)25-12-13-2-6-16(30)7-3-13)10-18(19)26-22(29)28-23-27-17-8-5-15(24)11-20(17)32-23/h4-5,8-11,13,16,30H,2-3,6-7,12H2,1H3,(H,25,31)(H,26,27,28). The van der Waals surface area contributed by atoms with Gasteiger partial charge in [-0.25, -0.2) is 9.97 Å². The summed E-state index contributed by atoms with van der Waals surface area (Å²) in [6, 6.07) is 11.2. The number of carbonyl (C=O) groups is 1. The highest BCUT2D eigenvalue weighted by Gasteiger charge is 2.20. The molecule has 0 bridgehead atoms. The lowest BCUT2D eigenvalue weighted by molar-refractivity contribution is 0.0910. The molecule has 9 heteroatoms. The highest BCUT2D eigenvalue weighted by Crippen LogP contribution is 2.31. The van der Waals surface area contributed by atoms with E-state index >= 15 is 0 Å². The Morgan fingerprint density at radius 1 is 1.16 bits per heavy atom. The molecule has 1 aliphatic rings. The summed E-state index contributed by atoms with van der Waals surface area (Å²) in [7, 11) is 1.93. The number of benzene rings is 2. The summed E-state index contributed by atoms with van der Waals surface area (Å²) in [6.45, 7) is 0.639. The summed E-state index contributed by atoms with van der Waals surface area (Å²) in [5.74, 6) is 0.991. The quantitative estimate of drug-likeness (QED) is 0.388. The van der Waals surface area contributed by atoms with Crippen LogP contribution in [-0.4, -0.2) is 38.2 Å². The number of rotatable bonds is 5. The number of aliphatic hydroxyl groups is 1. The van der Waals surface area contributed by atoms with E-state index in [1.54, 1.807) is 0 Å². The van der Waals surface area contributed by atoms with Gasteiger partial charge in [-0.15, -0.1) is 0 Å². The van der Waals surface area contributed by atoms with E-state index in [0.29, 0.717) is 29.0 Å². The number of nitrogens with zero attached hydrogens (tertiary/aromatic N) is 3. The van der Waals surface area contributed by atoms with Crippen LogP contribution in [0.5, 0.6) is 0 Å². The summed E-state index contributed by atoms with van der Waals surface area (Å²) in [6.07, 6.45) is 3.36. The van der Waals surface area contributed by atoms with E-state index in [2.05, 4.69) is 20.6 Å². The number of hydrogen-bond acceptors (Lipinski definition) is 6. The highest BCUT2D eigenvalue weighted by atomic mass is 35.5. The van der Waals surface area contributed by atoms with Crippen molar-refractivity contribution in [2.75, 3.05) is 11.9 Å².